The molecule has 0 spiro atoms. The molecular formula is C20H26BrN3O2. The minimum absolute atomic E-state index is 0.0596. The number of ether oxygens (including phenoxy) is 1. The number of aromatic nitrogens is 2. The number of rotatable bonds is 6. The van der Waals surface area contributed by atoms with E-state index in [4.69, 9.17) is 4.74 Å². The number of aryl methyl sites for hydroxylation is 3. The summed E-state index contributed by atoms with van der Waals surface area (Å²) in [7, 11) is 0. The van der Waals surface area contributed by atoms with Gasteiger partial charge in [-0.25, -0.2) is 0 Å². The molecule has 0 radical (unpaired) electrons. The van der Waals surface area contributed by atoms with Crippen molar-refractivity contribution in [3.05, 3.63) is 51.8 Å². The van der Waals surface area contributed by atoms with Crippen molar-refractivity contribution in [2.45, 2.75) is 45.1 Å². The van der Waals surface area contributed by atoms with E-state index in [0.29, 0.717) is 19.5 Å². The summed E-state index contributed by atoms with van der Waals surface area (Å²) in [6, 6.07) is 10.4. The fourth-order valence-corrected chi connectivity index (χ4v) is 4.01. The number of carbonyl (C=O) groups excluding carboxylic acids is 1. The summed E-state index contributed by atoms with van der Waals surface area (Å²) in [5.74, 6) is 0.0680. The Labute approximate surface area is 163 Å². The Morgan fingerprint density at radius 3 is 2.73 bits per heavy atom. The number of benzene rings is 1. The van der Waals surface area contributed by atoms with E-state index < -0.39 is 0 Å². The molecule has 3 rings (SSSR count). The minimum Gasteiger partial charge on any atom is -0.381 e. The van der Waals surface area contributed by atoms with Crippen LogP contribution in [0.2, 0.25) is 0 Å². The van der Waals surface area contributed by atoms with Gasteiger partial charge in [-0.3, -0.25) is 9.48 Å². The second-order valence-electron chi connectivity index (χ2n) is 7.08. The molecule has 0 saturated carbocycles. The van der Waals surface area contributed by atoms with Crippen molar-refractivity contribution in [2.24, 2.45) is 0 Å². The average Bonchev–Trinajstić information content (AvgIpc) is 2.96. The molecule has 6 heteroatoms. The molecule has 2 aromatic rings. The molecule has 1 N–H and O–H groups in total. The van der Waals surface area contributed by atoms with Gasteiger partial charge < -0.3 is 10.1 Å². The van der Waals surface area contributed by atoms with Crippen molar-refractivity contribution in [3.63, 3.8) is 0 Å². The summed E-state index contributed by atoms with van der Waals surface area (Å²) in [6.07, 6.45) is 2.27. The molecule has 1 amide bonds. The number of hydrogen-bond acceptors (Lipinski definition) is 3. The average molecular weight is 420 g/mol. The van der Waals surface area contributed by atoms with Gasteiger partial charge in [-0.1, -0.05) is 28.1 Å². The monoisotopic (exact) mass is 419 g/mol. The summed E-state index contributed by atoms with van der Waals surface area (Å²) in [5.41, 5.74) is 3.27. The lowest BCUT2D eigenvalue weighted by atomic mass is 9.74. The van der Waals surface area contributed by atoms with Gasteiger partial charge in [-0.05, 0) is 50.5 Å². The zero-order chi connectivity index (χ0) is 18.6. The first-order valence-corrected chi connectivity index (χ1v) is 9.89. The Hall–Kier alpha value is -1.66. The molecule has 0 unspecified atom stereocenters. The lowest BCUT2D eigenvalue weighted by Crippen LogP contribution is -2.44. The number of hydrogen-bond donors (Lipinski definition) is 1. The number of carbonyl (C=O) groups is 1. The van der Waals surface area contributed by atoms with Crippen LogP contribution in [0, 0.1) is 13.8 Å². The molecule has 5 nitrogen and oxygen atoms in total. The molecule has 1 aliphatic heterocycles. The van der Waals surface area contributed by atoms with Gasteiger partial charge in [0.2, 0.25) is 5.91 Å². The van der Waals surface area contributed by atoms with Crippen LogP contribution in [0.4, 0.5) is 0 Å². The second-order valence-corrected chi connectivity index (χ2v) is 8.00. The Kier molecular flexibility index (Phi) is 6.14. The maximum atomic E-state index is 12.4. The van der Waals surface area contributed by atoms with Crippen LogP contribution in [0.15, 0.2) is 34.8 Å². The third-order valence-electron chi connectivity index (χ3n) is 5.16. The number of nitrogens with one attached hydrogen (secondary N) is 1. The molecule has 1 aliphatic rings. The van der Waals surface area contributed by atoms with Crippen molar-refractivity contribution in [1.82, 2.24) is 15.1 Å². The molecule has 140 valence electrons. The highest BCUT2D eigenvalue weighted by molar-refractivity contribution is 9.10. The molecule has 2 heterocycles. The van der Waals surface area contributed by atoms with Gasteiger partial charge in [0.1, 0.15) is 0 Å². The van der Waals surface area contributed by atoms with Gasteiger partial charge in [-0.2, -0.15) is 5.10 Å². The van der Waals surface area contributed by atoms with Crippen molar-refractivity contribution in [3.8, 4) is 0 Å². The van der Waals surface area contributed by atoms with Gasteiger partial charge >= 0.3 is 0 Å². The van der Waals surface area contributed by atoms with E-state index in [9.17, 15) is 4.79 Å². The molecule has 1 saturated heterocycles. The Morgan fingerprint density at radius 2 is 2.08 bits per heavy atom. The fraction of sp³-hybridized carbons (Fsp3) is 0.500. The molecule has 0 atom stereocenters. The number of amides is 1. The molecule has 0 aliphatic carbocycles. The van der Waals surface area contributed by atoms with Crippen LogP contribution in [0.25, 0.3) is 0 Å². The number of nitrogens with zero attached hydrogens (tertiary/aromatic N) is 2. The molecule has 1 fully saturated rings. The van der Waals surface area contributed by atoms with Crippen LogP contribution in [0.5, 0.6) is 0 Å². The summed E-state index contributed by atoms with van der Waals surface area (Å²) >= 11 is 3.56. The largest absolute Gasteiger partial charge is 0.381 e. The minimum atomic E-state index is -0.0596. The SMILES string of the molecule is Cc1cc(C)n(CCC(=O)NCC2(c3cccc(Br)c3)CCOCC2)n1. The third kappa shape index (κ3) is 4.54. The third-order valence-corrected chi connectivity index (χ3v) is 5.66. The van der Waals surface area contributed by atoms with Crippen molar-refractivity contribution >= 4 is 21.8 Å². The highest BCUT2D eigenvalue weighted by atomic mass is 79.9. The predicted molar refractivity (Wildman–Crippen MR) is 105 cm³/mol. The van der Waals surface area contributed by atoms with Crippen LogP contribution in [0.1, 0.15) is 36.2 Å². The normalized spacial score (nSPS) is 16.4. The van der Waals surface area contributed by atoms with E-state index in [0.717, 1.165) is 41.9 Å². The van der Waals surface area contributed by atoms with Crippen molar-refractivity contribution in [2.75, 3.05) is 19.8 Å². The first-order chi connectivity index (χ1) is 12.5. The van der Waals surface area contributed by atoms with E-state index in [1.807, 2.05) is 30.7 Å². The van der Waals surface area contributed by atoms with Gasteiger partial charge in [0.05, 0.1) is 5.69 Å². The highest BCUT2D eigenvalue weighted by Crippen LogP contribution is 2.35. The Morgan fingerprint density at radius 1 is 1.31 bits per heavy atom. The topological polar surface area (TPSA) is 56.2 Å². The standard InChI is InChI=1S/C20H26BrN3O2/c1-15-12-16(2)24(23-15)9-6-19(25)22-14-20(7-10-26-11-8-20)17-4-3-5-18(21)13-17/h3-5,12-13H,6-11,14H2,1-2H3,(H,22,25). The summed E-state index contributed by atoms with van der Waals surface area (Å²) in [4.78, 5) is 12.4. The van der Waals surface area contributed by atoms with Gasteiger partial charge in [0.15, 0.2) is 0 Å². The molecular weight excluding hydrogens is 394 g/mol. The van der Waals surface area contributed by atoms with Crippen molar-refractivity contribution in [1.29, 1.82) is 0 Å². The van der Waals surface area contributed by atoms with Crippen molar-refractivity contribution < 1.29 is 9.53 Å². The van der Waals surface area contributed by atoms with Crippen LogP contribution in [-0.2, 0) is 21.5 Å². The first-order valence-electron chi connectivity index (χ1n) is 9.10. The lowest BCUT2D eigenvalue weighted by Gasteiger charge is -2.38. The highest BCUT2D eigenvalue weighted by Gasteiger charge is 2.34. The summed E-state index contributed by atoms with van der Waals surface area (Å²) < 4.78 is 8.53. The van der Waals surface area contributed by atoms with E-state index in [1.165, 1.54) is 5.56 Å². The van der Waals surface area contributed by atoms with Crippen LogP contribution in [-0.4, -0.2) is 35.4 Å². The Bertz CT molecular complexity index is 766. The van der Waals surface area contributed by atoms with Gasteiger partial charge in [0, 0.05) is 48.3 Å². The number of halogens is 1. The Balaban J connectivity index is 1.62. The van der Waals surface area contributed by atoms with Gasteiger partial charge in [0.25, 0.3) is 0 Å². The second kappa shape index (κ2) is 8.35. The maximum absolute atomic E-state index is 12.4. The lowest BCUT2D eigenvalue weighted by molar-refractivity contribution is -0.121. The first kappa shape index (κ1) is 19.1. The van der Waals surface area contributed by atoms with Gasteiger partial charge in [-0.15, -0.1) is 0 Å². The predicted octanol–water partition coefficient (Wildman–Crippen LogP) is 3.52. The smallest absolute Gasteiger partial charge is 0.221 e. The maximum Gasteiger partial charge on any atom is 0.221 e. The van der Waals surface area contributed by atoms with E-state index >= 15 is 0 Å². The molecule has 0 bridgehead atoms. The molecule has 1 aromatic carbocycles. The van der Waals surface area contributed by atoms with Crippen LogP contribution >= 0.6 is 15.9 Å². The van der Waals surface area contributed by atoms with E-state index in [2.05, 4.69) is 44.5 Å². The fourth-order valence-electron chi connectivity index (χ4n) is 3.61. The molecule has 1 aromatic heterocycles. The zero-order valence-corrected chi connectivity index (χ0v) is 17.0. The van der Waals surface area contributed by atoms with E-state index in [1.54, 1.807) is 0 Å². The summed E-state index contributed by atoms with van der Waals surface area (Å²) in [5, 5.41) is 7.57. The van der Waals surface area contributed by atoms with Crippen LogP contribution in [0.3, 0.4) is 0 Å². The quantitative estimate of drug-likeness (QED) is 0.778. The summed E-state index contributed by atoms with van der Waals surface area (Å²) in [6.45, 7) is 6.70. The molecule has 26 heavy (non-hydrogen) atoms. The van der Waals surface area contributed by atoms with Crippen LogP contribution < -0.4 is 5.32 Å². The zero-order valence-electron chi connectivity index (χ0n) is 15.4. The van der Waals surface area contributed by atoms with E-state index in [-0.39, 0.29) is 11.3 Å².